The lowest BCUT2D eigenvalue weighted by atomic mass is 9.88. The van der Waals surface area contributed by atoms with E-state index in [1.165, 1.54) is 25.8 Å². The molecule has 1 aliphatic rings. The zero-order valence-electron chi connectivity index (χ0n) is 10.2. The Morgan fingerprint density at radius 3 is 2.14 bits per heavy atom. The van der Waals surface area contributed by atoms with Crippen molar-refractivity contribution in [1.29, 1.82) is 0 Å². The van der Waals surface area contributed by atoms with Crippen molar-refractivity contribution in [3.63, 3.8) is 0 Å². The van der Waals surface area contributed by atoms with Crippen LogP contribution in [-0.2, 0) is 4.74 Å². The SMILES string of the molecule is CCCN(C(C)C)C1(CCC)COC1. The molecule has 1 heterocycles. The van der Waals surface area contributed by atoms with Crippen LogP contribution in [0.4, 0.5) is 0 Å². The molecule has 84 valence electrons. The third kappa shape index (κ3) is 2.29. The minimum atomic E-state index is 0.374. The van der Waals surface area contributed by atoms with Gasteiger partial charge in [-0.3, -0.25) is 4.90 Å². The van der Waals surface area contributed by atoms with Crippen LogP contribution in [0.3, 0.4) is 0 Å². The zero-order valence-corrected chi connectivity index (χ0v) is 10.2. The summed E-state index contributed by atoms with van der Waals surface area (Å²) in [4.78, 5) is 2.64. The van der Waals surface area contributed by atoms with E-state index >= 15 is 0 Å². The average Bonchev–Trinajstić information content (AvgIpc) is 2.08. The first-order valence-electron chi connectivity index (χ1n) is 6.00. The van der Waals surface area contributed by atoms with Crippen LogP contribution in [0.1, 0.15) is 47.0 Å². The minimum Gasteiger partial charge on any atom is -0.377 e. The monoisotopic (exact) mass is 199 g/mol. The van der Waals surface area contributed by atoms with Crippen LogP contribution < -0.4 is 0 Å². The predicted molar refractivity (Wildman–Crippen MR) is 60.6 cm³/mol. The molecule has 1 saturated heterocycles. The number of hydrogen-bond donors (Lipinski definition) is 0. The Hall–Kier alpha value is -0.0800. The van der Waals surface area contributed by atoms with Gasteiger partial charge < -0.3 is 4.74 Å². The van der Waals surface area contributed by atoms with Crippen LogP contribution >= 0.6 is 0 Å². The van der Waals surface area contributed by atoms with Gasteiger partial charge >= 0.3 is 0 Å². The summed E-state index contributed by atoms with van der Waals surface area (Å²) < 4.78 is 5.43. The molecule has 0 radical (unpaired) electrons. The molecule has 0 aromatic rings. The molecule has 1 aliphatic heterocycles. The maximum absolute atomic E-state index is 5.43. The minimum absolute atomic E-state index is 0.374. The van der Waals surface area contributed by atoms with Gasteiger partial charge in [0.2, 0.25) is 0 Å². The molecule has 0 saturated carbocycles. The van der Waals surface area contributed by atoms with Crippen molar-refractivity contribution in [2.24, 2.45) is 0 Å². The van der Waals surface area contributed by atoms with Crippen LogP contribution in [-0.4, -0.2) is 36.2 Å². The topological polar surface area (TPSA) is 12.5 Å². The lowest BCUT2D eigenvalue weighted by Crippen LogP contribution is -2.64. The van der Waals surface area contributed by atoms with Gasteiger partial charge in [-0.2, -0.15) is 0 Å². The van der Waals surface area contributed by atoms with E-state index in [-0.39, 0.29) is 0 Å². The highest BCUT2D eigenvalue weighted by molar-refractivity contribution is 4.97. The highest BCUT2D eigenvalue weighted by Gasteiger charge is 2.43. The molecule has 0 bridgehead atoms. The molecule has 0 aromatic carbocycles. The Bertz CT molecular complexity index is 164. The largest absolute Gasteiger partial charge is 0.377 e. The molecule has 1 fully saturated rings. The third-order valence-corrected chi connectivity index (χ3v) is 3.15. The molecule has 2 nitrogen and oxygen atoms in total. The van der Waals surface area contributed by atoms with Crippen molar-refractivity contribution in [3.8, 4) is 0 Å². The van der Waals surface area contributed by atoms with Gasteiger partial charge in [-0.15, -0.1) is 0 Å². The second-order valence-electron chi connectivity index (χ2n) is 4.75. The van der Waals surface area contributed by atoms with E-state index in [9.17, 15) is 0 Å². The van der Waals surface area contributed by atoms with Crippen molar-refractivity contribution in [2.75, 3.05) is 19.8 Å². The molecule has 0 N–H and O–H groups in total. The summed E-state index contributed by atoms with van der Waals surface area (Å²) >= 11 is 0. The Labute approximate surface area is 88.6 Å². The molecular formula is C12H25NO. The molecule has 0 unspecified atom stereocenters. The van der Waals surface area contributed by atoms with E-state index < -0.39 is 0 Å². The fourth-order valence-electron chi connectivity index (χ4n) is 2.54. The van der Waals surface area contributed by atoms with Gasteiger partial charge in [0.05, 0.1) is 18.8 Å². The fraction of sp³-hybridized carbons (Fsp3) is 1.00. The standard InChI is InChI=1S/C12H25NO/c1-5-7-12(9-14-10-12)13(8-6-2)11(3)4/h11H,5-10H2,1-4H3. The molecule has 2 heteroatoms. The molecule has 14 heavy (non-hydrogen) atoms. The van der Waals surface area contributed by atoms with Crippen molar-refractivity contribution >= 4 is 0 Å². The number of nitrogens with zero attached hydrogens (tertiary/aromatic N) is 1. The molecule has 0 aliphatic carbocycles. The lowest BCUT2D eigenvalue weighted by Gasteiger charge is -2.51. The maximum Gasteiger partial charge on any atom is 0.0680 e. The predicted octanol–water partition coefficient (Wildman–Crippen LogP) is 2.68. The van der Waals surface area contributed by atoms with Crippen LogP contribution in [0.15, 0.2) is 0 Å². The van der Waals surface area contributed by atoms with Gasteiger partial charge in [0.25, 0.3) is 0 Å². The summed E-state index contributed by atoms with van der Waals surface area (Å²) in [6.07, 6.45) is 3.78. The first-order chi connectivity index (χ1) is 6.66. The highest BCUT2D eigenvalue weighted by Crippen LogP contribution is 2.31. The second-order valence-corrected chi connectivity index (χ2v) is 4.75. The molecule has 0 aromatic heterocycles. The van der Waals surface area contributed by atoms with Gasteiger partial charge in [-0.25, -0.2) is 0 Å². The van der Waals surface area contributed by atoms with E-state index in [1.54, 1.807) is 0 Å². The van der Waals surface area contributed by atoms with Crippen LogP contribution in [0.5, 0.6) is 0 Å². The Morgan fingerprint density at radius 2 is 1.86 bits per heavy atom. The summed E-state index contributed by atoms with van der Waals surface area (Å²) in [6.45, 7) is 12.2. The first kappa shape index (κ1) is 12.0. The number of rotatable bonds is 6. The van der Waals surface area contributed by atoms with Gasteiger partial charge in [0.15, 0.2) is 0 Å². The van der Waals surface area contributed by atoms with Gasteiger partial charge in [0, 0.05) is 6.04 Å². The normalized spacial score (nSPS) is 20.1. The molecule has 0 amide bonds. The average molecular weight is 199 g/mol. The number of ether oxygens (including phenoxy) is 1. The van der Waals surface area contributed by atoms with E-state index in [1.807, 2.05) is 0 Å². The summed E-state index contributed by atoms with van der Waals surface area (Å²) in [7, 11) is 0. The molecular weight excluding hydrogens is 174 g/mol. The summed E-state index contributed by atoms with van der Waals surface area (Å²) in [5.74, 6) is 0. The van der Waals surface area contributed by atoms with Crippen molar-refractivity contribution in [3.05, 3.63) is 0 Å². The maximum atomic E-state index is 5.43. The summed E-state index contributed by atoms with van der Waals surface area (Å²) in [6, 6.07) is 0.644. The van der Waals surface area contributed by atoms with Crippen molar-refractivity contribution < 1.29 is 4.74 Å². The Kier molecular flexibility index (Phi) is 4.39. The van der Waals surface area contributed by atoms with Crippen LogP contribution in [0, 0.1) is 0 Å². The molecule has 0 spiro atoms. The van der Waals surface area contributed by atoms with E-state index in [4.69, 9.17) is 4.74 Å². The second kappa shape index (κ2) is 5.13. The van der Waals surface area contributed by atoms with Gasteiger partial charge in [-0.1, -0.05) is 20.3 Å². The first-order valence-corrected chi connectivity index (χ1v) is 6.00. The zero-order chi connectivity index (χ0) is 10.6. The summed E-state index contributed by atoms with van der Waals surface area (Å²) in [5, 5.41) is 0. The smallest absolute Gasteiger partial charge is 0.0680 e. The fourth-order valence-corrected chi connectivity index (χ4v) is 2.54. The van der Waals surface area contributed by atoms with E-state index in [2.05, 4.69) is 32.6 Å². The van der Waals surface area contributed by atoms with Crippen LogP contribution in [0.25, 0.3) is 0 Å². The molecule has 1 rings (SSSR count). The lowest BCUT2D eigenvalue weighted by molar-refractivity contribution is -0.154. The van der Waals surface area contributed by atoms with Crippen LogP contribution in [0.2, 0.25) is 0 Å². The van der Waals surface area contributed by atoms with Gasteiger partial charge in [-0.05, 0) is 33.2 Å². The number of hydrogen-bond acceptors (Lipinski definition) is 2. The quantitative estimate of drug-likeness (QED) is 0.652. The van der Waals surface area contributed by atoms with E-state index in [0.717, 1.165) is 13.2 Å². The summed E-state index contributed by atoms with van der Waals surface area (Å²) in [5.41, 5.74) is 0.374. The molecule has 0 atom stereocenters. The van der Waals surface area contributed by atoms with E-state index in [0.29, 0.717) is 11.6 Å². The Balaban J connectivity index is 2.62. The highest BCUT2D eigenvalue weighted by atomic mass is 16.5. The van der Waals surface area contributed by atoms with Crippen molar-refractivity contribution in [2.45, 2.75) is 58.5 Å². The Morgan fingerprint density at radius 1 is 1.21 bits per heavy atom. The van der Waals surface area contributed by atoms with Crippen molar-refractivity contribution in [1.82, 2.24) is 4.90 Å². The van der Waals surface area contributed by atoms with Gasteiger partial charge in [0.1, 0.15) is 0 Å². The third-order valence-electron chi connectivity index (χ3n) is 3.15.